The van der Waals surface area contributed by atoms with E-state index < -0.39 is 0 Å². The maximum absolute atomic E-state index is 13.2. The molecule has 2 amide bonds. The second-order valence-electron chi connectivity index (χ2n) is 8.52. The van der Waals surface area contributed by atoms with Crippen LogP contribution in [0.3, 0.4) is 0 Å². The number of hydrogen-bond donors (Lipinski definition) is 2. The van der Waals surface area contributed by atoms with Crippen LogP contribution in [0.5, 0.6) is 0 Å². The van der Waals surface area contributed by atoms with Crippen molar-refractivity contribution in [3.05, 3.63) is 47.2 Å². The van der Waals surface area contributed by atoms with Crippen molar-refractivity contribution in [2.24, 2.45) is 10.9 Å². The summed E-state index contributed by atoms with van der Waals surface area (Å²) in [6, 6.07) is 6.74. The fourth-order valence-electron chi connectivity index (χ4n) is 5.01. The second-order valence-corrected chi connectivity index (χ2v) is 8.52. The van der Waals surface area contributed by atoms with E-state index in [9.17, 15) is 9.18 Å². The highest BCUT2D eigenvalue weighted by atomic mass is 19.1. The molecule has 6 nitrogen and oxygen atoms in total. The first kappa shape index (κ1) is 18.5. The standard InChI is InChI=1S/C22H28FN5O/c1-2-11-27-21-18(25-19(26-21)15-5-3-4-6-15)20-24-17(13-28(20)22(27)29)12-14-7-9-16(23)10-8-14/h7-10,15,17,21,24H,2-6,11-13H2,1H3,(H,25,26). The molecule has 3 aliphatic heterocycles. The third-order valence-corrected chi connectivity index (χ3v) is 6.42. The summed E-state index contributed by atoms with van der Waals surface area (Å²) in [4.78, 5) is 22.0. The summed E-state index contributed by atoms with van der Waals surface area (Å²) >= 11 is 0. The van der Waals surface area contributed by atoms with Gasteiger partial charge in [0.25, 0.3) is 0 Å². The van der Waals surface area contributed by atoms with Gasteiger partial charge in [0, 0.05) is 25.0 Å². The van der Waals surface area contributed by atoms with E-state index in [2.05, 4.69) is 17.6 Å². The SMILES string of the molecule is CCCN1C(=O)N2CC(Cc3ccc(F)cc3)NC2=C2NC(C3CCCC3)=NC21. The van der Waals surface area contributed by atoms with Gasteiger partial charge < -0.3 is 10.6 Å². The Kier molecular flexibility index (Phi) is 4.68. The molecule has 154 valence electrons. The van der Waals surface area contributed by atoms with E-state index in [0.717, 1.165) is 35.8 Å². The summed E-state index contributed by atoms with van der Waals surface area (Å²) in [6.45, 7) is 3.40. The van der Waals surface area contributed by atoms with E-state index in [1.54, 1.807) is 0 Å². The lowest BCUT2D eigenvalue weighted by molar-refractivity contribution is 0.146. The van der Waals surface area contributed by atoms with Crippen LogP contribution in [0.1, 0.15) is 44.6 Å². The molecular formula is C22H28FN5O. The Morgan fingerprint density at radius 1 is 1.21 bits per heavy atom. The van der Waals surface area contributed by atoms with E-state index >= 15 is 0 Å². The molecule has 2 atom stereocenters. The number of hydrogen-bond acceptors (Lipinski definition) is 4. The van der Waals surface area contributed by atoms with Gasteiger partial charge in [-0.1, -0.05) is 31.9 Å². The van der Waals surface area contributed by atoms with Crippen LogP contribution in [0.15, 0.2) is 40.8 Å². The number of nitrogens with zero attached hydrogens (tertiary/aromatic N) is 3. The third kappa shape index (κ3) is 3.26. The highest BCUT2D eigenvalue weighted by Gasteiger charge is 2.47. The molecule has 0 spiro atoms. The van der Waals surface area contributed by atoms with Crippen LogP contribution < -0.4 is 10.6 Å². The Morgan fingerprint density at radius 3 is 2.69 bits per heavy atom. The van der Waals surface area contributed by atoms with Crippen molar-refractivity contribution >= 4 is 11.9 Å². The van der Waals surface area contributed by atoms with E-state index in [4.69, 9.17) is 4.99 Å². The van der Waals surface area contributed by atoms with Gasteiger partial charge in [0.2, 0.25) is 0 Å². The van der Waals surface area contributed by atoms with Gasteiger partial charge in [-0.25, -0.2) is 14.2 Å². The molecule has 1 saturated heterocycles. The molecule has 1 saturated carbocycles. The number of amides is 2. The van der Waals surface area contributed by atoms with Gasteiger partial charge in [-0.2, -0.15) is 0 Å². The summed E-state index contributed by atoms with van der Waals surface area (Å²) in [5.74, 6) is 2.18. The lowest BCUT2D eigenvalue weighted by Gasteiger charge is -2.36. The van der Waals surface area contributed by atoms with Gasteiger partial charge in [0.15, 0.2) is 6.17 Å². The van der Waals surface area contributed by atoms with Crippen molar-refractivity contribution in [1.29, 1.82) is 0 Å². The molecule has 4 aliphatic rings. The van der Waals surface area contributed by atoms with E-state index in [1.165, 1.54) is 37.8 Å². The highest BCUT2D eigenvalue weighted by molar-refractivity contribution is 5.91. The second kappa shape index (κ2) is 7.35. The van der Waals surface area contributed by atoms with Crippen LogP contribution >= 0.6 is 0 Å². The van der Waals surface area contributed by atoms with Crippen LogP contribution in [-0.4, -0.2) is 47.0 Å². The minimum absolute atomic E-state index is 0.0305. The fraction of sp³-hybridized carbons (Fsp3) is 0.545. The number of aliphatic imine (C=N–C) groups is 1. The monoisotopic (exact) mass is 397 g/mol. The molecule has 5 rings (SSSR count). The Labute approximate surface area is 170 Å². The van der Waals surface area contributed by atoms with Crippen LogP contribution in [0.2, 0.25) is 0 Å². The summed E-state index contributed by atoms with van der Waals surface area (Å²) < 4.78 is 13.2. The van der Waals surface area contributed by atoms with Crippen LogP contribution in [0.4, 0.5) is 9.18 Å². The first-order valence-corrected chi connectivity index (χ1v) is 10.8. The number of halogens is 1. The first-order chi connectivity index (χ1) is 14.1. The number of carbonyl (C=O) groups excluding carboxylic acids is 1. The van der Waals surface area contributed by atoms with Crippen molar-refractivity contribution < 1.29 is 9.18 Å². The van der Waals surface area contributed by atoms with Crippen molar-refractivity contribution in [2.75, 3.05) is 13.1 Å². The number of benzene rings is 1. The number of fused-ring (bicyclic) bond motifs is 2. The molecule has 2 unspecified atom stereocenters. The quantitative estimate of drug-likeness (QED) is 0.802. The van der Waals surface area contributed by atoms with Gasteiger partial charge in [0.05, 0.1) is 0 Å². The molecule has 1 aromatic rings. The van der Waals surface area contributed by atoms with E-state index in [1.807, 2.05) is 21.9 Å². The minimum atomic E-state index is -0.235. The Morgan fingerprint density at radius 2 is 1.97 bits per heavy atom. The minimum Gasteiger partial charge on any atom is -0.365 e. The molecule has 1 aliphatic carbocycles. The van der Waals surface area contributed by atoms with Crippen LogP contribution in [0.25, 0.3) is 0 Å². The molecule has 1 aromatic carbocycles. The topological polar surface area (TPSA) is 60.0 Å². The smallest absolute Gasteiger partial charge is 0.327 e. The molecule has 0 radical (unpaired) electrons. The Hall–Kier alpha value is -2.57. The van der Waals surface area contributed by atoms with Gasteiger partial charge in [-0.3, -0.25) is 9.80 Å². The molecule has 0 bridgehead atoms. The molecule has 7 heteroatoms. The zero-order chi connectivity index (χ0) is 20.0. The molecule has 29 heavy (non-hydrogen) atoms. The zero-order valence-electron chi connectivity index (χ0n) is 16.8. The van der Waals surface area contributed by atoms with Gasteiger partial charge in [-0.05, 0) is 43.4 Å². The lowest BCUT2D eigenvalue weighted by atomic mass is 10.1. The summed E-state index contributed by atoms with van der Waals surface area (Å²) in [5.41, 5.74) is 2.08. The molecule has 3 heterocycles. The average Bonchev–Trinajstić information content (AvgIpc) is 3.45. The van der Waals surface area contributed by atoms with Crippen molar-refractivity contribution in [3.8, 4) is 0 Å². The number of amidine groups is 1. The van der Waals surface area contributed by atoms with Gasteiger partial charge in [0.1, 0.15) is 23.2 Å². The summed E-state index contributed by atoms with van der Waals surface area (Å²) in [7, 11) is 0. The lowest BCUT2D eigenvalue weighted by Crippen LogP contribution is -2.53. The number of urea groups is 1. The van der Waals surface area contributed by atoms with E-state index in [-0.39, 0.29) is 24.1 Å². The Balaban J connectivity index is 1.41. The van der Waals surface area contributed by atoms with Gasteiger partial charge in [-0.15, -0.1) is 0 Å². The first-order valence-electron chi connectivity index (χ1n) is 10.8. The number of carbonyl (C=O) groups is 1. The van der Waals surface area contributed by atoms with Crippen molar-refractivity contribution in [2.45, 2.75) is 57.7 Å². The van der Waals surface area contributed by atoms with Crippen molar-refractivity contribution in [3.63, 3.8) is 0 Å². The Bertz CT molecular complexity index is 858. The van der Waals surface area contributed by atoms with Gasteiger partial charge >= 0.3 is 6.03 Å². The predicted octanol–water partition coefficient (Wildman–Crippen LogP) is 3.17. The van der Waals surface area contributed by atoms with Crippen LogP contribution in [0, 0.1) is 11.7 Å². The van der Waals surface area contributed by atoms with E-state index in [0.29, 0.717) is 19.0 Å². The summed E-state index contributed by atoms with van der Waals surface area (Å²) in [6.07, 6.45) is 6.27. The highest BCUT2D eigenvalue weighted by Crippen LogP contribution is 2.35. The third-order valence-electron chi connectivity index (χ3n) is 6.42. The normalized spacial score (nSPS) is 26.4. The average molecular weight is 397 g/mol. The zero-order valence-corrected chi connectivity index (χ0v) is 16.8. The predicted molar refractivity (Wildman–Crippen MR) is 109 cm³/mol. The maximum atomic E-state index is 13.2. The maximum Gasteiger partial charge on any atom is 0.327 e. The molecular weight excluding hydrogens is 369 g/mol. The summed E-state index contributed by atoms with van der Waals surface area (Å²) in [5, 5.41) is 7.15. The van der Waals surface area contributed by atoms with Crippen molar-refractivity contribution in [1.82, 2.24) is 20.4 Å². The largest absolute Gasteiger partial charge is 0.365 e. The molecule has 2 N–H and O–H groups in total. The van der Waals surface area contributed by atoms with Crippen LogP contribution in [-0.2, 0) is 6.42 Å². The fourth-order valence-corrected chi connectivity index (χ4v) is 5.01. The molecule has 0 aromatic heterocycles. The number of rotatable bonds is 5. The molecule has 2 fully saturated rings. The number of nitrogens with one attached hydrogen (secondary N) is 2.